The van der Waals surface area contributed by atoms with Gasteiger partial charge in [0.05, 0.1) is 0 Å². The molecule has 0 N–H and O–H groups in total. The van der Waals surface area contributed by atoms with Crippen molar-refractivity contribution in [3.05, 3.63) is 81.5 Å². The Morgan fingerprint density at radius 2 is 1.52 bits per heavy atom. The summed E-state index contributed by atoms with van der Waals surface area (Å²) in [5, 5.41) is 4.38. The van der Waals surface area contributed by atoms with Crippen LogP contribution in [0.2, 0.25) is 0 Å². The van der Waals surface area contributed by atoms with Gasteiger partial charge in [-0.05, 0) is 88.7 Å². The van der Waals surface area contributed by atoms with Crippen molar-refractivity contribution in [1.29, 1.82) is 0 Å². The third-order valence-corrected chi connectivity index (χ3v) is 7.11. The first-order chi connectivity index (χ1) is 12.2. The maximum absolute atomic E-state index is 3.82. The lowest BCUT2D eigenvalue weighted by Gasteiger charge is -2.12. The Balaban J connectivity index is 1.82. The monoisotopic (exact) mass is 357 g/mol. The fourth-order valence-corrected chi connectivity index (χ4v) is 5.62. The van der Waals surface area contributed by atoms with Crippen molar-refractivity contribution in [2.45, 2.75) is 20.3 Å². The molecule has 5 rings (SSSR count). The fourth-order valence-electron chi connectivity index (χ4n) is 3.73. The molecule has 1 aliphatic carbocycles. The van der Waals surface area contributed by atoms with Crippen molar-refractivity contribution in [3.63, 3.8) is 0 Å². The molecular weight excluding hydrogens is 340 g/mol. The van der Waals surface area contributed by atoms with Crippen molar-refractivity contribution in [2.24, 2.45) is 0 Å². The molecular formula is C23H17S2. The number of aryl methyl sites for hydroxylation is 2. The van der Waals surface area contributed by atoms with Crippen LogP contribution in [0.25, 0.3) is 32.0 Å². The van der Waals surface area contributed by atoms with Gasteiger partial charge in [0.15, 0.2) is 0 Å². The van der Waals surface area contributed by atoms with E-state index in [4.69, 9.17) is 0 Å². The number of benzene rings is 2. The minimum absolute atomic E-state index is 0.993. The molecule has 0 amide bonds. The van der Waals surface area contributed by atoms with Gasteiger partial charge in [-0.15, -0.1) is 22.7 Å². The van der Waals surface area contributed by atoms with Gasteiger partial charge in [0.2, 0.25) is 0 Å². The summed E-state index contributed by atoms with van der Waals surface area (Å²) in [4.78, 5) is 2.72. The molecule has 121 valence electrons. The van der Waals surface area contributed by atoms with Gasteiger partial charge in [-0.3, -0.25) is 0 Å². The fraction of sp³-hybridized carbons (Fsp3) is 0.130. The van der Waals surface area contributed by atoms with Gasteiger partial charge in [0, 0.05) is 20.9 Å². The Morgan fingerprint density at radius 1 is 0.800 bits per heavy atom. The first kappa shape index (κ1) is 15.1. The highest BCUT2D eigenvalue weighted by atomic mass is 32.1. The minimum atomic E-state index is 0.993. The molecule has 2 aromatic carbocycles. The van der Waals surface area contributed by atoms with Crippen LogP contribution in [0, 0.1) is 19.9 Å². The number of hydrogen-bond donors (Lipinski definition) is 0. The molecule has 2 heteroatoms. The molecule has 25 heavy (non-hydrogen) atoms. The van der Waals surface area contributed by atoms with Crippen LogP contribution in [0.1, 0.15) is 22.3 Å². The van der Waals surface area contributed by atoms with E-state index in [-0.39, 0.29) is 0 Å². The zero-order chi connectivity index (χ0) is 17.0. The maximum atomic E-state index is 3.82. The summed E-state index contributed by atoms with van der Waals surface area (Å²) in [5.41, 5.74) is 10.8. The van der Waals surface area contributed by atoms with E-state index in [2.05, 4.69) is 73.1 Å². The Labute approximate surface area is 156 Å². The predicted molar refractivity (Wildman–Crippen MR) is 110 cm³/mol. The highest BCUT2D eigenvalue weighted by molar-refractivity contribution is 7.14. The van der Waals surface area contributed by atoms with Crippen LogP contribution in [-0.2, 0) is 6.42 Å². The Kier molecular flexibility index (Phi) is 3.44. The minimum Gasteiger partial charge on any atom is -0.144 e. The lowest BCUT2D eigenvalue weighted by Crippen LogP contribution is -1.90. The number of fused-ring (bicyclic) bond motifs is 3. The highest BCUT2D eigenvalue weighted by Crippen LogP contribution is 2.46. The quantitative estimate of drug-likeness (QED) is 0.315. The molecule has 0 spiro atoms. The summed E-state index contributed by atoms with van der Waals surface area (Å²) in [6.45, 7) is 4.41. The van der Waals surface area contributed by atoms with E-state index in [9.17, 15) is 0 Å². The molecule has 0 saturated carbocycles. The van der Waals surface area contributed by atoms with E-state index in [1.165, 1.54) is 54.3 Å². The molecule has 0 unspecified atom stereocenters. The van der Waals surface area contributed by atoms with Gasteiger partial charge in [0.1, 0.15) is 0 Å². The summed E-state index contributed by atoms with van der Waals surface area (Å²) in [5.74, 6) is 0. The first-order valence-corrected chi connectivity index (χ1v) is 10.2. The summed E-state index contributed by atoms with van der Waals surface area (Å²) in [6, 6.07) is 19.4. The summed E-state index contributed by atoms with van der Waals surface area (Å²) in [6.07, 6.45) is 0.993. The molecule has 2 heterocycles. The lowest BCUT2D eigenvalue weighted by atomic mass is 9.94. The van der Waals surface area contributed by atoms with Gasteiger partial charge in [-0.25, -0.2) is 0 Å². The Hall–Kier alpha value is -2.16. The second-order valence-electron chi connectivity index (χ2n) is 6.65. The first-order valence-electron chi connectivity index (χ1n) is 8.49. The van der Waals surface area contributed by atoms with Gasteiger partial charge in [-0.2, -0.15) is 0 Å². The van der Waals surface area contributed by atoms with Gasteiger partial charge in [0.25, 0.3) is 0 Å². The normalized spacial score (nSPS) is 12.2. The van der Waals surface area contributed by atoms with Crippen molar-refractivity contribution in [2.75, 3.05) is 0 Å². The van der Waals surface area contributed by atoms with Gasteiger partial charge >= 0.3 is 0 Å². The Bertz CT molecular complexity index is 1090. The summed E-state index contributed by atoms with van der Waals surface area (Å²) >= 11 is 3.65. The van der Waals surface area contributed by atoms with Crippen LogP contribution in [-0.4, -0.2) is 0 Å². The topological polar surface area (TPSA) is 0 Å². The SMILES string of the molecule is Cc1ccsc1-c1[c]c2c(cc1-c1sccc1C)-c1ccccc1C2. The van der Waals surface area contributed by atoms with Crippen molar-refractivity contribution < 1.29 is 0 Å². The number of thiophene rings is 2. The van der Waals surface area contributed by atoms with Gasteiger partial charge < -0.3 is 0 Å². The van der Waals surface area contributed by atoms with E-state index < -0.39 is 0 Å². The third kappa shape index (κ3) is 2.32. The number of rotatable bonds is 2. The molecule has 4 aromatic rings. The van der Waals surface area contributed by atoms with E-state index in [1.54, 1.807) is 0 Å². The third-order valence-electron chi connectivity index (χ3n) is 5.03. The van der Waals surface area contributed by atoms with Crippen LogP contribution in [0.3, 0.4) is 0 Å². The molecule has 0 saturated heterocycles. The predicted octanol–water partition coefficient (Wildman–Crippen LogP) is 7.13. The van der Waals surface area contributed by atoms with E-state index in [0.717, 1.165) is 6.42 Å². The molecule has 2 aromatic heterocycles. The lowest BCUT2D eigenvalue weighted by molar-refractivity contribution is 1.26. The van der Waals surface area contributed by atoms with Crippen LogP contribution in [0.5, 0.6) is 0 Å². The molecule has 1 radical (unpaired) electrons. The van der Waals surface area contributed by atoms with Crippen molar-refractivity contribution >= 4 is 22.7 Å². The second kappa shape index (κ2) is 5.69. The zero-order valence-electron chi connectivity index (χ0n) is 14.2. The summed E-state index contributed by atoms with van der Waals surface area (Å²) < 4.78 is 0. The molecule has 0 aliphatic heterocycles. The molecule has 0 nitrogen and oxygen atoms in total. The largest absolute Gasteiger partial charge is 0.144 e. The van der Waals surface area contributed by atoms with Crippen molar-refractivity contribution in [1.82, 2.24) is 0 Å². The second-order valence-corrected chi connectivity index (χ2v) is 8.48. The van der Waals surface area contributed by atoms with Crippen molar-refractivity contribution in [3.8, 4) is 32.0 Å². The van der Waals surface area contributed by atoms with E-state index in [1.807, 2.05) is 22.7 Å². The highest BCUT2D eigenvalue weighted by Gasteiger charge is 2.23. The molecule has 1 aliphatic rings. The van der Waals surface area contributed by atoms with Crippen LogP contribution in [0.4, 0.5) is 0 Å². The van der Waals surface area contributed by atoms with E-state index in [0.29, 0.717) is 0 Å². The van der Waals surface area contributed by atoms with E-state index >= 15 is 0 Å². The van der Waals surface area contributed by atoms with Gasteiger partial charge in [-0.1, -0.05) is 24.3 Å². The van der Waals surface area contributed by atoms with Crippen LogP contribution < -0.4 is 0 Å². The standard InChI is InChI=1S/C23H17S2/c1-14-7-9-24-22(14)20-12-17-11-16-5-3-4-6-18(16)19(17)13-21(20)23-15(2)8-10-25-23/h3-10,13H,11H2,1-2H3. The van der Waals surface area contributed by atoms with Crippen LogP contribution >= 0.6 is 22.7 Å². The average Bonchev–Trinajstić information content (AvgIpc) is 3.31. The molecule has 0 atom stereocenters. The average molecular weight is 358 g/mol. The number of hydrogen-bond acceptors (Lipinski definition) is 2. The summed E-state index contributed by atoms with van der Waals surface area (Å²) in [7, 11) is 0. The van der Waals surface area contributed by atoms with Crippen LogP contribution in [0.15, 0.2) is 53.2 Å². The smallest absolute Gasteiger partial charge is 0.0384 e. The maximum Gasteiger partial charge on any atom is 0.0384 e. The molecule has 0 fully saturated rings. The Morgan fingerprint density at radius 3 is 2.24 bits per heavy atom. The zero-order valence-corrected chi connectivity index (χ0v) is 15.9. The molecule has 0 bridgehead atoms.